The standard InChI is InChI=1S/C14H16FN3O3S/c1-21-9-8-16-14-7-4-12(10-17-14)18-22(19,20)13-5-2-11(15)3-6-13/h2-7,10,18H,8-9H2,1H3,(H,16,17). The summed E-state index contributed by atoms with van der Waals surface area (Å²) in [6.45, 7) is 1.14. The van der Waals surface area contributed by atoms with Crippen molar-refractivity contribution in [1.82, 2.24) is 4.98 Å². The van der Waals surface area contributed by atoms with Crippen LogP contribution in [0.3, 0.4) is 0 Å². The van der Waals surface area contributed by atoms with Gasteiger partial charge in [0.15, 0.2) is 0 Å². The van der Waals surface area contributed by atoms with Gasteiger partial charge in [0, 0.05) is 13.7 Å². The summed E-state index contributed by atoms with van der Waals surface area (Å²) in [4.78, 5) is 4.07. The predicted molar refractivity (Wildman–Crippen MR) is 81.8 cm³/mol. The highest BCUT2D eigenvalue weighted by molar-refractivity contribution is 7.92. The number of nitrogens with one attached hydrogen (secondary N) is 2. The van der Waals surface area contributed by atoms with E-state index in [4.69, 9.17) is 4.74 Å². The number of hydrogen-bond acceptors (Lipinski definition) is 5. The van der Waals surface area contributed by atoms with Gasteiger partial charge in [-0.25, -0.2) is 17.8 Å². The SMILES string of the molecule is COCCNc1ccc(NS(=O)(=O)c2ccc(F)cc2)cn1. The summed E-state index contributed by atoms with van der Waals surface area (Å²) in [5, 5.41) is 3.02. The van der Waals surface area contributed by atoms with E-state index in [0.29, 0.717) is 24.7 Å². The minimum Gasteiger partial charge on any atom is -0.383 e. The molecule has 1 aromatic carbocycles. The Labute approximate surface area is 128 Å². The monoisotopic (exact) mass is 325 g/mol. The fraction of sp³-hybridized carbons (Fsp3) is 0.214. The van der Waals surface area contributed by atoms with Gasteiger partial charge < -0.3 is 10.1 Å². The van der Waals surface area contributed by atoms with Gasteiger partial charge in [0.1, 0.15) is 11.6 Å². The predicted octanol–water partition coefficient (Wildman–Crippen LogP) is 2.08. The first-order chi connectivity index (χ1) is 10.5. The van der Waals surface area contributed by atoms with Gasteiger partial charge in [0.2, 0.25) is 0 Å². The van der Waals surface area contributed by atoms with Crippen molar-refractivity contribution >= 4 is 21.5 Å². The molecule has 0 unspecified atom stereocenters. The third-order valence-electron chi connectivity index (χ3n) is 2.75. The lowest BCUT2D eigenvalue weighted by molar-refractivity contribution is 0.210. The normalized spacial score (nSPS) is 11.2. The maximum Gasteiger partial charge on any atom is 0.261 e. The van der Waals surface area contributed by atoms with E-state index in [0.717, 1.165) is 12.1 Å². The number of ether oxygens (including phenoxy) is 1. The Kier molecular flexibility index (Phi) is 5.29. The van der Waals surface area contributed by atoms with Gasteiger partial charge in [0.25, 0.3) is 10.0 Å². The number of aromatic nitrogens is 1. The van der Waals surface area contributed by atoms with Crippen molar-refractivity contribution < 1.29 is 17.5 Å². The summed E-state index contributed by atoms with van der Waals surface area (Å²) in [6.07, 6.45) is 1.40. The molecule has 2 rings (SSSR count). The fourth-order valence-electron chi connectivity index (χ4n) is 1.67. The summed E-state index contributed by atoms with van der Waals surface area (Å²) in [7, 11) is -2.16. The van der Waals surface area contributed by atoms with E-state index < -0.39 is 15.8 Å². The third kappa shape index (κ3) is 4.40. The average molecular weight is 325 g/mol. The van der Waals surface area contributed by atoms with E-state index in [1.165, 1.54) is 18.3 Å². The van der Waals surface area contributed by atoms with Crippen LogP contribution in [0, 0.1) is 5.82 Å². The van der Waals surface area contributed by atoms with Gasteiger partial charge >= 0.3 is 0 Å². The Balaban J connectivity index is 2.05. The van der Waals surface area contributed by atoms with Crippen molar-refractivity contribution in [1.29, 1.82) is 0 Å². The number of rotatable bonds is 7. The Morgan fingerprint density at radius 2 is 1.91 bits per heavy atom. The van der Waals surface area contributed by atoms with E-state index in [-0.39, 0.29) is 4.90 Å². The number of anilines is 2. The lowest BCUT2D eigenvalue weighted by Gasteiger charge is -2.09. The smallest absolute Gasteiger partial charge is 0.261 e. The molecule has 1 aromatic heterocycles. The molecule has 0 saturated carbocycles. The van der Waals surface area contributed by atoms with Gasteiger partial charge in [-0.2, -0.15) is 0 Å². The van der Waals surface area contributed by atoms with Gasteiger partial charge in [0.05, 0.1) is 23.4 Å². The number of hydrogen-bond donors (Lipinski definition) is 2. The van der Waals surface area contributed by atoms with Gasteiger partial charge in [-0.3, -0.25) is 4.72 Å². The summed E-state index contributed by atoms with van der Waals surface area (Å²) < 4.78 is 44.3. The highest BCUT2D eigenvalue weighted by atomic mass is 32.2. The molecule has 2 aromatic rings. The molecule has 0 atom stereocenters. The molecule has 0 fully saturated rings. The van der Waals surface area contributed by atoms with E-state index in [9.17, 15) is 12.8 Å². The zero-order chi connectivity index (χ0) is 16.0. The van der Waals surface area contributed by atoms with Crippen molar-refractivity contribution in [3.05, 3.63) is 48.4 Å². The van der Waals surface area contributed by atoms with Crippen molar-refractivity contribution in [3.63, 3.8) is 0 Å². The van der Waals surface area contributed by atoms with Crippen LogP contribution in [0.2, 0.25) is 0 Å². The first-order valence-electron chi connectivity index (χ1n) is 6.48. The van der Waals surface area contributed by atoms with Crippen LogP contribution in [0.25, 0.3) is 0 Å². The van der Waals surface area contributed by atoms with Gasteiger partial charge in [-0.15, -0.1) is 0 Å². The number of pyridine rings is 1. The topological polar surface area (TPSA) is 80.3 Å². The highest BCUT2D eigenvalue weighted by Crippen LogP contribution is 2.16. The Morgan fingerprint density at radius 3 is 2.50 bits per heavy atom. The molecule has 0 saturated heterocycles. The molecule has 8 heteroatoms. The van der Waals surface area contributed by atoms with Crippen molar-refractivity contribution in [2.24, 2.45) is 0 Å². The molecule has 0 spiro atoms. The molecule has 6 nitrogen and oxygen atoms in total. The van der Waals surface area contributed by atoms with Gasteiger partial charge in [-0.05, 0) is 36.4 Å². The maximum absolute atomic E-state index is 12.8. The van der Waals surface area contributed by atoms with Crippen LogP contribution in [0.5, 0.6) is 0 Å². The minimum atomic E-state index is -3.76. The van der Waals surface area contributed by atoms with Crippen LogP contribution < -0.4 is 10.0 Å². The number of nitrogens with zero attached hydrogens (tertiary/aromatic N) is 1. The number of halogens is 1. The van der Waals surface area contributed by atoms with Crippen LogP contribution in [-0.2, 0) is 14.8 Å². The zero-order valence-electron chi connectivity index (χ0n) is 11.9. The largest absolute Gasteiger partial charge is 0.383 e. The second-order valence-electron chi connectivity index (χ2n) is 4.41. The molecule has 22 heavy (non-hydrogen) atoms. The van der Waals surface area contributed by atoms with Crippen molar-refractivity contribution in [3.8, 4) is 0 Å². The van der Waals surface area contributed by atoms with Gasteiger partial charge in [-0.1, -0.05) is 0 Å². The molecular weight excluding hydrogens is 309 g/mol. The minimum absolute atomic E-state index is 0.0174. The molecular formula is C14H16FN3O3S. The molecule has 0 bridgehead atoms. The van der Waals surface area contributed by atoms with Crippen LogP contribution in [-0.4, -0.2) is 33.7 Å². The molecule has 0 aliphatic rings. The summed E-state index contributed by atoms with van der Waals surface area (Å²) >= 11 is 0. The molecule has 118 valence electrons. The number of benzene rings is 1. The molecule has 1 heterocycles. The summed E-state index contributed by atoms with van der Waals surface area (Å²) in [5.74, 6) is 0.119. The van der Waals surface area contributed by atoms with Crippen LogP contribution in [0.1, 0.15) is 0 Å². The van der Waals surface area contributed by atoms with E-state index in [2.05, 4.69) is 15.0 Å². The third-order valence-corrected chi connectivity index (χ3v) is 4.15. The fourth-order valence-corrected chi connectivity index (χ4v) is 2.71. The van der Waals surface area contributed by atoms with E-state index >= 15 is 0 Å². The maximum atomic E-state index is 12.8. The van der Waals surface area contributed by atoms with Crippen molar-refractivity contribution in [2.75, 3.05) is 30.3 Å². The van der Waals surface area contributed by atoms with Crippen molar-refractivity contribution in [2.45, 2.75) is 4.90 Å². The molecule has 0 amide bonds. The van der Waals surface area contributed by atoms with E-state index in [1.807, 2.05) is 0 Å². The first kappa shape index (κ1) is 16.2. The van der Waals surface area contributed by atoms with E-state index in [1.54, 1.807) is 19.2 Å². The highest BCUT2D eigenvalue weighted by Gasteiger charge is 2.14. The molecule has 0 radical (unpaired) electrons. The summed E-state index contributed by atoms with van der Waals surface area (Å²) in [5.41, 5.74) is 0.321. The number of methoxy groups -OCH3 is 1. The average Bonchev–Trinajstić information content (AvgIpc) is 2.49. The first-order valence-corrected chi connectivity index (χ1v) is 7.97. The van der Waals surface area contributed by atoms with Crippen LogP contribution >= 0.6 is 0 Å². The molecule has 0 aliphatic heterocycles. The van der Waals surface area contributed by atoms with Crippen LogP contribution in [0.4, 0.5) is 15.9 Å². The Morgan fingerprint density at radius 1 is 1.18 bits per heavy atom. The Bertz CT molecular complexity index is 703. The second-order valence-corrected chi connectivity index (χ2v) is 6.09. The van der Waals surface area contributed by atoms with Crippen LogP contribution in [0.15, 0.2) is 47.5 Å². The second kappa shape index (κ2) is 7.19. The molecule has 0 aliphatic carbocycles. The summed E-state index contributed by atoms with van der Waals surface area (Å²) in [6, 6.07) is 7.82. The Hall–Kier alpha value is -2.19. The lowest BCUT2D eigenvalue weighted by atomic mass is 10.4. The zero-order valence-corrected chi connectivity index (χ0v) is 12.7. The lowest BCUT2D eigenvalue weighted by Crippen LogP contribution is -2.13. The number of sulfonamides is 1. The molecule has 2 N–H and O–H groups in total. The quantitative estimate of drug-likeness (QED) is 0.762.